The molecule has 156 valence electrons. The number of carboxylic acids is 1. The van der Waals surface area contributed by atoms with Crippen LogP contribution in [0.1, 0.15) is 25.5 Å². The van der Waals surface area contributed by atoms with Gasteiger partial charge >= 0.3 is 11.9 Å². The molecular weight excluding hydrogens is 400 g/mol. The number of carbonyl (C=O) groups is 4. The second-order valence-electron chi connectivity index (χ2n) is 7.31. The van der Waals surface area contributed by atoms with Crippen molar-refractivity contribution in [2.24, 2.45) is 11.5 Å². The van der Waals surface area contributed by atoms with Crippen molar-refractivity contribution in [1.29, 1.82) is 0 Å². The quantitative estimate of drug-likeness (QED) is 0.260. The third kappa shape index (κ3) is 3.80. The van der Waals surface area contributed by atoms with Crippen LogP contribution < -0.4 is 21.5 Å². The smallest absolute Gasteiger partial charge is 0.327 e. The molecule has 6 N–H and O–H groups in total. The van der Waals surface area contributed by atoms with E-state index in [0.29, 0.717) is 5.56 Å². The lowest BCUT2D eigenvalue weighted by Crippen LogP contribution is -2.71. The van der Waals surface area contributed by atoms with Gasteiger partial charge in [-0.15, -0.1) is 11.8 Å². The second-order valence-corrected chi connectivity index (χ2v) is 9.08. The Hall–Kier alpha value is -2.63. The monoisotopic (exact) mass is 422 g/mol. The van der Waals surface area contributed by atoms with Crippen molar-refractivity contribution in [2.45, 2.75) is 42.1 Å². The Morgan fingerprint density at radius 2 is 1.93 bits per heavy atom. The van der Waals surface area contributed by atoms with E-state index in [1.807, 2.05) is 0 Å². The maximum atomic E-state index is 12.5. The molecule has 11 heteroatoms. The van der Waals surface area contributed by atoms with Gasteiger partial charge in [-0.3, -0.25) is 14.4 Å². The number of thioether (sulfide) groups is 1. The number of esters is 1. The number of nitrogens with zero attached hydrogens (tertiary/aromatic N) is 1. The summed E-state index contributed by atoms with van der Waals surface area (Å²) >= 11 is 1.34. The highest BCUT2D eigenvalue weighted by Crippen LogP contribution is 2.50. The Labute approximate surface area is 170 Å². The van der Waals surface area contributed by atoms with Gasteiger partial charge in [-0.2, -0.15) is 0 Å². The van der Waals surface area contributed by atoms with Gasteiger partial charge in [-0.1, -0.05) is 12.1 Å². The SMILES string of the molecule is CC1(C)S[C@@H]2[C@H](NC(=O)C(N)c3ccc(OC(=O)CN)cc3)C(=O)N2[C@H]1C(=O)O. The Morgan fingerprint density at radius 1 is 1.31 bits per heavy atom. The van der Waals surface area contributed by atoms with Gasteiger partial charge in [-0.05, 0) is 31.5 Å². The summed E-state index contributed by atoms with van der Waals surface area (Å²) < 4.78 is 4.28. The van der Waals surface area contributed by atoms with E-state index >= 15 is 0 Å². The average Bonchev–Trinajstić information content (AvgIpc) is 2.93. The predicted molar refractivity (Wildman–Crippen MR) is 104 cm³/mol. The standard InChI is InChI=1S/C18H22N4O6S/c1-18(2)13(17(26)27)22-15(25)12(16(22)29-18)21-14(24)11(20)8-3-5-9(6-4-8)28-10(23)7-19/h3-6,11-13,16H,7,19-20H2,1-2H3,(H,21,24)(H,26,27)/t11?,12-,13+,16-/m1/s1. The number of benzene rings is 1. The normalized spacial score (nSPS) is 25.6. The van der Waals surface area contributed by atoms with E-state index < -0.39 is 52.0 Å². The minimum Gasteiger partial charge on any atom is -0.480 e. The van der Waals surface area contributed by atoms with E-state index in [9.17, 15) is 24.3 Å². The van der Waals surface area contributed by atoms with Gasteiger partial charge in [0, 0.05) is 4.75 Å². The first-order valence-electron chi connectivity index (χ1n) is 8.86. The number of fused-ring (bicyclic) bond motifs is 1. The molecule has 0 saturated carbocycles. The summed E-state index contributed by atoms with van der Waals surface area (Å²) in [5.41, 5.74) is 11.6. The number of amides is 2. The number of hydrogen-bond acceptors (Lipinski definition) is 8. The molecule has 1 unspecified atom stereocenters. The predicted octanol–water partition coefficient (Wildman–Crippen LogP) is -0.818. The van der Waals surface area contributed by atoms with Crippen LogP contribution in [0.3, 0.4) is 0 Å². The first-order chi connectivity index (χ1) is 13.6. The summed E-state index contributed by atoms with van der Waals surface area (Å²) in [5, 5.41) is 11.6. The van der Waals surface area contributed by atoms with Crippen molar-refractivity contribution in [3.05, 3.63) is 29.8 Å². The summed E-state index contributed by atoms with van der Waals surface area (Å²) in [7, 11) is 0. The third-order valence-electron chi connectivity index (χ3n) is 4.89. The fraction of sp³-hybridized carbons (Fsp3) is 0.444. The number of nitrogens with two attached hydrogens (primary N) is 2. The lowest BCUT2D eigenvalue weighted by molar-refractivity contribution is -0.161. The average molecular weight is 422 g/mol. The number of nitrogens with one attached hydrogen (secondary N) is 1. The molecule has 2 fully saturated rings. The number of β-lactam (4-membered cyclic amide) rings is 1. The lowest BCUT2D eigenvalue weighted by atomic mass is 9.95. The highest BCUT2D eigenvalue weighted by molar-refractivity contribution is 8.01. The molecule has 2 aliphatic rings. The van der Waals surface area contributed by atoms with Crippen LogP contribution in [0.4, 0.5) is 0 Å². The van der Waals surface area contributed by atoms with Crippen molar-refractivity contribution in [2.75, 3.05) is 6.54 Å². The van der Waals surface area contributed by atoms with E-state index in [2.05, 4.69) is 5.32 Å². The highest BCUT2D eigenvalue weighted by atomic mass is 32.2. The largest absolute Gasteiger partial charge is 0.480 e. The Bertz CT molecular complexity index is 858. The third-order valence-corrected chi connectivity index (χ3v) is 6.46. The van der Waals surface area contributed by atoms with Crippen molar-refractivity contribution in [1.82, 2.24) is 10.2 Å². The van der Waals surface area contributed by atoms with Gasteiger partial charge in [0.15, 0.2) is 0 Å². The molecule has 29 heavy (non-hydrogen) atoms. The van der Waals surface area contributed by atoms with Crippen LogP contribution in [-0.4, -0.2) is 62.5 Å². The van der Waals surface area contributed by atoms with Crippen LogP contribution in [0.25, 0.3) is 0 Å². The Kier molecular flexibility index (Phi) is 5.57. The number of aliphatic carboxylic acids is 1. The highest BCUT2D eigenvalue weighted by Gasteiger charge is 2.64. The summed E-state index contributed by atoms with van der Waals surface area (Å²) in [6, 6.07) is 3.21. The molecular formula is C18H22N4O6S. The molecule has 0 radical (unpaired) electrons. The van der Waals surface area contributed by atoms with Crippen LogP contribution in [0.15, 0.2) is 24.3 Å². The van der Waals surface area contributed by atoms with Crippen LogP contribution in [0, 0.1) is 0 Å². The van der Waals surface area contributed by atoms with Gasteiger partial charge in [0.05, 0.1) is 6.54 Å². The van der Waals surface area contributed by atoms with Gasteiger partial charge in [-0.25, -0.2) is 4.79 Å². The van der Waals surface area contributed by atoms with Gasteiger partial charge in [0.1, 0.15) is 29.2 Å². The van der Waals surface area contributed by atoms with Gasteiger partial charge < -0.3 is 31.5 Å². The number of ether oxygens (including phenoxy) is 1. The Morgan fingerprint density at radius 3 is 2.48 bits per heavy atom. The molecule has 2 heterocycles. The van der Waals surface area contributed by atoms with E-state index in [1.54, 1.807) is 13.8 Å². The maximum absolute atomic E-state index is 12.5. The molecule has 0 bridgehead atoms. The summed E-state index contributed by atoms with van der Waals surface area (Å²) in [6.07, 6.45) is 0. The zero-order valence-corrected chi connectivity index (χ0v) is 16.6. The first-order valence-corrected chi connectivity index (χ1v) is 9.74. The minimum absolute atomic E-state index is 0.255. The lowest BCUT2D eigenvalue weighted by Gasteiger charge is -2.43. The van der Waals surface area contributed by atoms with E-state index in [4.69, 9.17) is 16.2 Å². The van der Waals surface area contributed by atoms with E-state index in [0.717, 1.165) is 0 Å². The number of hydrogen-bond donors (Lipinski definition) is 4. The molecule has 0 spiro atoms. The number of carboxylic acid groups (broad SMARTS) is 1. The van der Waals surface area contributed by atoms with Crippen LogP contribution in [0.2, 0.25) is 0 Å². The molecule has 4 atom stereocenters. The second kappa shape index (κ2) is 7.65. The molecule has 10 nitrogen and oxygen atoms in total. The maximum Gasteiger partial charge on any atom is 0.327 e. The van der Waals surface area contributed by atoms with Gasteiger partial charge in [0.25, 0.3) is 0 Å². The van der Waals surface area contributed by atoms with Crippen molar-refractivity contribution < 1.29 is 29.0 Å². The van der Waals surface area contributed by atoms with Crippen molar-refractivity contribution in [3.63, 3.8) is 0 Å². The fourth-order valence-corrected chi connectivity index (χ4v) is 5.08. The number of carbonyl (C=O) groups excluding carboxylic acids is 3. The molecule has 2 aliphatic heterocycles. The number of rotatable bonds is 6. The summed E-state index contributed by atoms with van der Waals surface area (Å²) in [5.74, 6) is -2.40. The van der Waals surface area contributed by atoms with Crippen LogP contribution in [-0.2, 0) is 19.2 Å². The molecule has 0 aromatic heterocycles. The van der Waals surface area contributed by atoms with E-state index in [-0.39, 0.29) is 12.3 Å². The summed E-state index contributed by atoms with van der Waals surface area (Å²) in [6.45, 7) is 3.26. The Balaban J connectivity index is 1.64. The fourth-order valence-electron chi connectivity index (χ4n) is 3.46. The van der Waals surface area contributed by atoms with Gasteiger partial charge in [0.2, 0.25) is 11.8 Å². The molecule has 3 rings (SSSR count). The molecule has 1 aromatic rings. The van der Waals surface area contributed by atoms with Crippen molar-refractivity contribution in [3.8, 4) is 5.75 Å². The first kappa shape index (κ1) is 21.1. The van der Waals surface area contributed by atoms with Crippen LogP contribution >= 0.6 is 11.8 Å². The topological polar surface area (TPSA) is 165 Å². The van der Waals surface area contributed by atoms with Crippen LogP contribution in [0.5, 0.6) is 5.75 Å². The van der Waals surface area contributed by atoms with E-state index in [1.165, 1.54) is 40.9 Å². The molecule has 1 aromatic carbocycles. The minimum atomic E-state index is -1.07. The zero-order valence-electron chi connectivity index (χ0n) is 15.8. The molecule has 0 aliphatic carbocycles. The molecule has 2 amide bonds. The summed E-state index contributed by atoms with van der Waals surface area (Å²) in [4.78, 5) is 49.0. The van der Waals surface area contributed by atoms with Crippen molar-refractivity contribution >= 4 is 35.5 Å². The molecule has 2 saturated heterocycles. The zero-order chi connectivity index (χ0) is 21.5.